The molecule has 4 N–H and O–H groups in total. The maximum Gasteiger partial charge on any atom is 0.267 e. The molecule has 1 aromatic carbocycles. The van der Waals surface area contributed by atoms with E-state index < -0.39 is 16.0 Å². The quantitative estimate of drug-likeness (QED) is 0.362. The van der Waals surface area contributed by atoms with Crippen LogP contribution in [-0.2, 0) is 21.4 Å². The lowest BCUT2D eigenvalue weighted by Gasteiger charge is -2.22. The van der Waals surface area contributed by atoms with E-state index in [4.69, 9.17) is 24.5 Å². The van der Waals surface area contributed by atoms with Gasteiger partial charge in [0.25, 0.3) is 16.0 Å². The minimum Gasteiger partial charge on any atom is -0.493 e. The Morgan fingerprint density at radius 1 is 1.24 bits per heavy atom. The predicted octanol–water partition coefficient (Wildman–Crippen LogP) is 2.39. The van der Waals surface area contributed by atoms with E-state index in [0.717, 1.165) is 50.6 Å². The summed E-state index contributed by atoms with van der Waals surface area (Å²) in [6.45, 7) is 3.55. The van der Waals surface area contributed by atoms with Crippen LogP contribution < -0.4 is 20.5 Å². The standard InChI is InChI=1S/C21H27N3O4.CH4O3S/c1-26-20-12-16(13-23-9-6-15-7-10-27-11-8-15)2-5-19(20)28-17-3-4-18(21(22)25)24-14-17;1-5(2,3)4/h2-5,12,14-15,23H,6-11,13H2,1H3,(H2,22,25);1H3,(H,2,3,4). The van der Waals surface area contributed by atoms with Gasteiger partial charge in [0, 0.05) is 19.8 Å². The molecule has 0 bridgehead atoms. The fourth-order valence-electron chi connectivity index (χ4n) is 3.19. The van der Waals surface area contributed by atoms with Gasteiger partial charge in [0.1, 0.15) is 11.4 Å². The fourth-order valence-corrected chi connectivity index (χ4v) is 3.19. The number of hydrogen-bond donors (Lipinski definition) is 3. The summed E-state index contributed by atoms with van der Waals surface area (Å²) in [4.78, 5) is 15.1. The molecule has 33 heavy (non-hydrogen) atoms. The molecule has 1 fully saturated rings. The van der Waals surface area contributed by atoms with E-state index >= 15 is 0 Å². The van der Waals surface area contributed by atoms with Crippen molar-refractivity contribution >= 4 is 16.0 Å². The number of carbonyl (C=O) groups is 1. The zero-order chi connectivity index (χ0) is 24.3. The second-order valence-electron chi connectivity index (χ2n) is 7.58. The van der Waals surface area contributed by atoms with Crippen molar-refractivity contribution in [3.8, 4) is 17.2 Å². The third-order valence-corrected chi connectivity index (χ3v) is 4.84. The van der Waals surface area contributed by atoms with Gasteiger partial charge in [-0.1, -0.05) is 6.07 Å². The number of aromatic nitrogens is 1. The Hall–Kier alpha value is -2.73. The smallest absolute Gasteiger partial charge is 0.267 e. The van der Waals surface area contributed by atoms with E-state index in [2.05, 4.69) is 10.3 Å². The molecule has 1 aliphatic heterocycles. The highest BCUT2D eigenvalue weighted by Crippen LogP contribution is 2.32. The van der Waals surface area contributed by atoms with Crippen molar-refractivity contribution in [3.05, 3.63) is 47.8 Å². The lowest BCUT2D eigenvalue weighted by Crippen LogP contribution is -2.22. The molecule has 1 aliphatic rings. The van der Waals surface area contributed by atoms with Gasteiger partial charge in [-0.05, 0) is 61.6 Å². The zero-order valence-electron chi connectivity index (χ0n) is 18.8. The van der Waals surface area contributed by atoms with Crippen LogP contribution in [0.25, 0.3) is 0 Å². The van der Waals surface area contributed by atoms with Crippen molar-refractivity contribution in [3.63, 3.8) is 0 Å². The van der Waals surface area contributed by atoms with Crippen LogP contribution in [0.2, 0.25) is 0 Å². The first-order valence-corrected chi connectivity index (χ1v) is 12.3. The van der Waals surface area contributed by atoms with Crippen LogP contribution in [0, 0.1) is 5.92 Å². The molecule has 0 aliphatic carbocycles. The van der Waals surface area contributed by atoms with Gasteiger partial charge in [-0.25, -0.2) is 4.98 Å². The molecule has 0 spiro atoms. The summed E-state index contributed by atoms with van der Waals surface area (Å²) in [6.07, 6.45) is 5.68. The topological polar surface area (TPSA) is 150 Å². The number of carbonyl (C=O) groups excluding carboxylic acids is 1. The Morgan fingerprint density at radius 2 is 1.94 bits per heavy atom. The number of amides is 1. The lowest BCUT2D eigenvalue weighted by atomic mass is 9.97. The summed E-state index contributed by atoms with van der Waals surface area (Å²) in [5.74, 6) is 1.93. The third-order valence-electron chi connectivity index (χ3n) is 4.84. The zero-order valence-corrected chi connectivity index (χ0v) is 19.6. The third kappa shape index (κ3) is 10.6. The molecule has 1 aromatic heterocycles. The molecule has 3 rings (SSSR count). The van der Waals surface area contributed by atoms with Gasteiger partial charge < -0.3 is 25.3 Å². The maximum absolute atomic E-state index is 11.1. The molecule has 0 atom stereocenters. The Kier molecular flexibility index (Phi) is 10.5. The van der Waals surface area contributed by atoms with Crippen LogP contribution >= 0.6 is 0 Å². The van der Waals surface area contributed by atoms with Crippen molar-refractivity contribution in [1.82, 2.24) is 10.3 Å². The number of ether oxygens (including phenoxy) is 3. The largest absolute Gasteiger partial charge is 0.493 e. The number of nitrogens with zero attached hydrogens (tertiary/aromatic N) is 1. The number of pyridine rings is 1. The van der Waals surface area contributed by atoms with Crippen molar-refractivity contribution in [2.75, 3.05) is 33.1 Å². The molecule has 182 valence electrons. The van der Waals surface area contributed by atoms with Gasteiger partial charge in [0.2, 0.25) is 0 Å². The van der Waals surface area contributed by atoms with E-state index in [-0.39, 0.29) is 5.69 Å². The summed E-state index contributed by atoms with van der Waals surface area (Å²) in [6, 6.07) is 9.02. The van der Waals surface area contributed by atoms with E-state index in [1.54, 1.807) is 13.2 Å². The van der Waals surface area contributed by atoms with Crippen LogP contribution in [0.5, 0.6) is 17.2 Å². The van der Waals surface area contributed by atoms with Crippen LogP contribution in [0.4, 0.5) is 0 Å². The van der Waals surface area contributed by atoms with Gasteiger partial charge >= 0.3 is 0 Å². The Bertz CT molecular complexity index is 984. The summed E-state index contributed by atoms with van der Waals surface area (Å²) in [5, 5.41) is 3.50. The molecule has 1 amide bonds. The Labute approximate surface area is 194 Å². The number of primary amides is 1. The highest BCUT2D eigenvalue weighted by molar-refractivity contribution is 7.85. The number of nitrogens with two attached hydrogens (primary N) is 1. The average Bonchev–Trinajstić information content (AvgIpc) is 2.77. The Balaban J connectivity index is 0.000000696. The summed E-state index contributed by atoms with van der Waals surface area (Å²) >= 11 is 0. The molecular formula is C22H31N3O7S. The minimum absolute atomic E-state index is 0.196. The lowest BCUT2D eigenvalue weighted by molar-refractivity contribution is 0.0639. The van der Waals surface area contributed by atoms with E-state index in [1.165, 1.54) is 18.7 Å². The van der Waals surface area contributed by atoms with Gasteiger partial charge in [-0.3, -0.25) is 9.35 Å². The molecular weight excluding hydrogens is 450 g/mol. The molecule has 2 heterocycles. The normalized spacial score (nSPS) is 14.2. The summed E-state index contributed by atoms with van der Waals surface area (Å²) in [5.41, 5.74) is 6.52. The second kappa shape index (κ2) is 13.1. The predicted molar refractivity (Wildman–Crippen MR) is 123 cm³/mol. The van der Waals surface area contributed by atoms with Crippen molar-refractivity contribution < 1.29 is 32.0 Å². The average molecular weight is 482 g/mol. The van der Waals surface area contributed by atoms with Crippen LogP contribution in [0.1, 0.15) is 35.3 Å². The monoisotopic (exact) mass is 481 g/mol. The van der Waals surface area contributed by atoms with E-state index in [1.807, 2.05) is 18.2 Å². The van der Waals surface area contributed by atoms with Crippen molar-refractivity contribution in [1.29, 1.82) is 0 Å². The first-order valence-electron chi connectivity index (χ1n) is 10.5. The highest BCUT2D eigenvalue weighted by atomic mass is 32.2. The number of nitrogens with one attached hydrogen (secondary N) is 1. The van der Waals surface area contributed by atoms with E-state index in [9.17, 15) is 13.2 Å². The number of methoxy groups -OCH3 is 1. The van der Waals surface area contributed by atoms with Gasteiger partial charge in [0.15, 0.2) is 11.5 Å². The van der Waals surface area contributed by atoms with Crippen molar-refractivity contribution in [2.45, 2.75) is 25.8 Å². The number of hydrogen-bond acceptors (Lipinski definition) is 8. The summed E-state index contributed by atoms with van der Waals surface area (Å²) < 4.78 is 42.6. The van der Waals surface area contributed by atoms with Crippen LogP contribution in [-0.4, -0.2) is 57.0 Å². The van der Waals surface area contributed by atoms with Gasteiger partial charge in [0.05, 0.1) is 19.6 Å². The van der Waals surface area contributed by atoms with Crippen LogP contribution in [0.15, 0.2) is 36.5 Å². The number of benzene rings is 1. The fraction of sp³-hybridized carbons (Fsp3) is 0.455. The first-order chi connectivity index (χ1) is 15.7. The molecule has 0 saturated carbocycles. The molecule has 11 heteroatoms. The first kappa shape index (κ1) is 26.5. The molecule has 0 unspecified atom stereocenters. The Morgan fingerprint density at radius 3 is 2.52 bits per heavy atom. The minimum atomic E-state index is -3.67. The van der Waals surface area contributed by atoms with Gasteiger partial charge in [-0.15, -0.1) is 0 Å². The summed E-state index contributed by atoms with van der Waals surface area (Å²) in [7, 11) is -2.06. The van der Waals surface area contributed by atoms with Crippen molar-refractivity contribution in [2.24, 2.45) is 11.7 Å². The highest BCUT2D eigenvalue weighted by Gasteiger charge is 2.13. The van der Waals surface area contributed by atoms with E-state index in [0.29, 0.717) is 23.5 Å². The maximum atomic E-state index is 11.1. The van der Waals surface area contributed by atoms with Crippen LogP contribution in [0.3, 0.4) is 0 Å². The molecule has 2 aromatic rings. The molecule has 10 nitrogen and oxygen atoms in total. The molecule has 0 radical (unpaired) electrons. The van der Waals surface area contributed by atoms with Gasteiger partial charge in [-0.2, -0.15) is 8.42 Å². The second-order valence-corrected chi connectivity index (χ2v) is 9.05. The molecule has 1 saturated heterocycles. The SMILES string of the molecule is COc1cc(CNCCC2CCOCC2)ccc1Oc1ccc(C(N)=O)nc1.CS(=O)(=O)O. The number of rotatable bonds is 9.